The molecule has 1 saturated carbocycles. The van der Waals surface area contributed by atoms with Crippen LogP contribution in [0.3, 0.4) is 0 Å². The number of aromatic nitrogens is 1. The van der Waals surface area contributed by atoms with Crippen LogP contribution in [0.1, 0.15) is 57.7 Å². The van der Waals surface area contributed by atoms with Gasteiger partial charge in [-0.15, -0.1) is 0 Å². The van der Waals surface area contributed by atoms with Crippen molar-refractivity contribution < 1.29 is 33.3 Å². The van der Waals surface area contributed by atoms with Gasteiger partial charge >= 0.3 is 6.18 Å². The first-order valence-electron chi connectivity index (χ1n) is 14.2. The number of hydrogen-bond acceptors (Lipinski definition) is 5. The molecule has 1 heterocycles. The molecule has 1 aliphatic carbocycles. The molecule has 1 aromatic heterocycles. The molecule has 5 rings (SSSR count). The highest BCUT2D eigenvalue weighted by atomic mass is 35.5. The summed E-state index contributed by atoms with van der Waals surface area (Å²) >= 11 is 6.98. The molecule has 14 heteroatoms. The third kappa shape index (κ3) is 7.02. The van der Waals surface area contributed by atoms with Crippen molar-refractivity contribution >= 4 is 63.7 Å². The van der Waals surface area contributed by atoms with E-state index in [1.807, 2.05) is 12.1 Å². The van der Waals surface area contributed by atoms with Gasteiger partial charge in [0.05, 0.1) is 23.0 Å². The SMILES string of the molecule is BC(B)(O)C(B)(O)Sc1ccc(C(CO)NC(=O)c2ccc3c(c2)cc(Cc2ccc(Cl)cc2C(F)(F)F)n3C2CC2)cc1. The number of fused-ring (bicyclic) bond motifs is 1. The highest BCUT2D eigenvalue weighted by Gasteiger charge is 2.38. The fourth-order valence-electron chi connectivity index (χ4n) is 5.10. The summed E-state index contributed by atoms with van der Waals surface area (Å²) in [5.41, 5.74) is 1.94. The Morgan fingerprint density at radius 3 is 2.30 bits per heavy atom. The Balaban J connectivity index is 1.37. The molecule has 4 aromatic rings. The van der Waals surface area contributed by atoms with E-state index in [1.54, 1.807) is 36.4 Å². The number of nitrogens with zero attached hydrogens (tertiary/aromatic N) is 1. The number of aliphatic hydroxyl groups excluding tert-OH is 1. The molecule has 4 N–H and O–H groups in total. The molecule has 0 radical (unpaired) electrons. The predicted molar refractivity (Wildman–Crippen MR) is 175 cm³/mol. The second-order valence-corrected chi connectivity index (χ2v) is 13.8. The van der Waals surface area contributed by atoms with E-state index >= 15 is 0 Å². The van der Waals surface area contributed by atoms with Crippen LogP contribution in [0.2, 0.25) is 5.02 Å². The first-order valence-corrected chi connectivity index (χ1v) is 15.4. The van der Waals surface area contributed by atoms with Gasteiger partial charge in [-0.05, 0) is 72.5 Å². The molecular weight excluding hydrogens is 609 g/mol. The predicted octanol–water partition coefficient (Wildman–Crippen LogP) is 2.99. The normalized spacial score (nSPS) is 16.1. The maximum Gasteiger partial charge on any atom is 0.416 e. The molecule has 1 fully saturated rings. The maximum atomic E-state index is 13.8. The van der Waals surface area contributed by atoms with Crippen LogP contribution in [0.5, 0.6) is 0 Å². The molecule has 228 valence electrons. The number of nitrogens with one attached hydrogen (secondary N) is 1. The minimum absolute atomic E-state index is 0.0226. The van der Waals surface area contributed by atoms with Gasteiger partial charge in [-0.25, -0.2) is 0 Å². The van der Waals surface area contributed by atoms with Crippen LogP contribution in [0, 0.1) is 0 Å². The zero-order chi connectivity index (χ0) is 32.0. The Kier molecular flexibility index (Phi) is 9.01. The van der Waals surface area contributed by atoms with Crippen molar-refractivity contribution in [3.8, 4) is 0 Å². The number of halogens is 4. The fourth-order valence-corrected chi connectivity index (χ4v) is 6.25. The number of amides is 1. The van der Waals surface area contributed by atoms with Gasteiger partial charge in [-0.2, -0.15) is 13.2 Å². The molecule has 0 aliphatic heterocycles. The average molecular weight is 641 g/mol. The molecule has 0 bridgehead atoms. The Morgan fingerprint density at radius 2 is 1.70 bits per heavy atom. The van der Waals surface area contributed by atoms with E-state index in [2.05, 4.69) is 9.88 Å². The largest absolute Gasteiger partial charge is 0.416 e. The highest BCUT2D eigenvalue weighted by molar-refractivity contribution is 8.01. The Hall–Kier alpha value is -2.83. The summed E-state index contributed by atoms with van der Waals surface area (Å²) in [5.74, 6) is -0.410. The zero-order valence-electron chi connectivity index (χ0n) is 24.5. The summed E-state index contributed by atoms with van der Waals surface area (Å²) in [6.07, 6.45) is -2.63. The number of rotatable bonds is 10. The zero-order valence-corrected chi connectivity index (χ0v) is 26.0. The van der Waals surface area contributed by atoms with Crippen LogP contribution >= 0.6 is 23.4 Å². The Bertz CT molecular complexity index is 1690. The lowest BCUT2D eigenvalue weighted by Gasteiger charge is -2.35. The lowest BCUT2D eigenvalue weighted by Crippen LogP contribution is -2.53. The first kappa shape index (κ1) is 32.6. The van der Waals surface area contributed by atoms with Crippen molar-refractivity contribution in [3.63, 3.8) is 0 Å². The van der Waals surface area contributed by atoms with Crippen LogP contribution < -0.4 is 5.32 Å². The van der Waals surface area contributed by atoms with Gasteiger partial charge in [0.15, 0.2) is 7.85 Å². The lowest BCUT2D eigenvalue weighted by atomic mass is 9.56. The number of alkyl halides is 3. The van der Waals surface area contributed by atoms with Crippen molar-refractivity contribution in [2.24, 2.45) is 0 Å². The van der Waals surface area contributed by atoms with E-state index in [9.17, 15) is 33.3 Å². The van der Waals surface area contributed by atoms with E-state index in [-0.39, 0.29) is 29.7 Å². The van der Waals surface area contributed by atoms with Gasteiger partial charge in [0.25, 0.3) is 5.91 Å². The lowest BCUT2D eigenvalue weighted by molar-refractivity contribution is -0.138. The Morgan fingerprint density at radius 1 is 1.02 bits per heavy atom. The number of carbonyl (C=O) groups is 1. The number of aliphatic hydroxyl groups is 3. The van der Waals surface area contributed by atoms with Crippen LogP contribution in [0.15, 0.2) is 71.6 Å². The summed E-state index contributed by atoms with van der Waals surface area (Å²) in [7, 11) is 4.57. The molecule has 44 heavy (non-hydrogen) atoms. The van der Waals surface area contributed by atoms with Crippen molar-refractivity contribution in [1.82, 2.24) is 9.88 Å². The topological polar surface area (TPSA) is 94.7 Å². The maximum absolute atomic E-state index is 13.8. The smallest absolute Gasteiger partial charge is 0.405 e. The van der Waals surface area contributed by atoms with Gasteiger partial charge in [0, 0.05) is 49.9 Å². The third-order valence-electron chi connectivity index (χ3n) is 8.06. The number of thioether (sulfide) groups is 1. The van der Waals surface area contributed by atoms with Crippen LogP contribution in [0.25, 0.3) is 10.9 Å². The minimum Gasteiger partial charge on any atom is -0.405 e. The molecule has 3 aromatic carbocycles. The van der Waals surface area contributed by atoms with E-state index < -0.39 is 33.9 Å². The monoisotopic (exact) mass is 640 g/mol. The molecule has 6 nitrogen and oxygen atoms in total. The van der Waals surface area contributed by atoms with E-state index in [0.29, 0.717) is 16.0 Å². The van der Waals surface area contributed by atoms with Crippen molar-refractivity contribution in [1.29, 1.82) is 0 Å². The number of carbonyl (C=O) groups excluding carboxylic acids is 1. The summed E-state index contributed by atoms with van der Waals surface area (Å²) < 4.78 is 43.4. The van der Waals surface area contributed by atoms with E-state index in [4.69, 9.17) is 11.6 Å². The second-order valence-electron chi connectivity index (χ2n) is 11.9. The fraction of sp³-hybridized carbons (Fsp3) is 0.300. The Labute approximate surface area is 265 Å². The molecule has 1 aliphatic rings. The van der Waals surface area contributed by atoms with Crippen LogP contribution in [-0.2, 0) is 12.6 Å². The third-order valence-corrected chi connectivity index (χ3v) is 9.70. The van der Waals surface area contributed by atoms with Crippen LogP contribution in [-0.4, -0.2) is 66.2 Å². The molecule has 2 unspecified atom stereocenters. The van der Waals surface area contributed by atoms with Gasteiger partial charge in [-0.3, -0.25) is 4.79 Å². The summed E-state index contributed by atoms with van der Waals surface area (Å²) in [4.78, 5) is 12.5. The highest BCUT2D eigenvalue weighted by Crippen LogP contribution is 2.42. The van der Waals surface area contributed by atoms with Crippen LogP contribution in [0.4, 0.5) is 13.2 Å². The van der Waals surface area contributed by atoms with Crippen molar-refractivity contribution in [2.45, 2.75) is 52.7 Å². The van der Waals surface area contributed by atoms with Gasteiger partial charge in [0.2, 0.25) is 0 Å². The second kappa shape index (κ2) is 12.2. The van der Waals surface area contributed by atoms with Crippen molar-refractivity contribution in [2.75, 3.05) is 6.61 Å². The average Bonchev–Trinajstić information content (AvgIpc) is 3.71. The minimum atomic E-state index is -4.54. The van der Waals surface area contributed by atoms with Crippen molar-refractivity contribution in [3.05, 3.63) is 99.7 Å². The van der Waals surface area contributed by atoms with E-state index in [0.717, 1.165) is 47.3 Å². The van der Waals surface area contributed by atoms with E-state index in [1.165, 1.54) is 35.7 Å². The summed E-state index contributed by atoms with van der Waals surface area (Å²) in [5, 5.41) is 33.2. The molecule has 1 amide bonds. The van der Waals surface area contributed by atoms with Gasteiger partial charge in [0.1, 0.15) is 15.7 Å². The molecule has 0 spiro atoms. The molecular formula is C30H31B3ClF3N2O4S. The number of benzene rings is 3. The standard InChI is InChI=1S/C30H31B3ClF3N2O4S/c31-29(32,42)30(33,43)44-23-8-2-16(3-9-23)25(15-40)38-27(41)18-4-10-26-19(11-18)13-22(39(26)21-6-7-21)12-17-1-5-20(34)14-24(17)28(35,36)37/h1-5,8-11,13-14,21,25,40,42-43H,6-7,12,15,31-33H2,(H,38,41). The quantitative estimate of drug-likeness (QED) is 0.122. The van der Waals surface area contributed by atoms with Gasteiger partial charge in [-0.1, -0.05) is 41.6 Å². The van der Waals surface area contributed by atoms with Gasteiger partial charge < -0.3 is 25.2 Å². The molecule has 2 atom stereocenters. The first-order chi connectivity index (χ1) is 20.6. The molecule has 0 saturated heterocycles. The summed E-state index contributed by atoms with van der Waals surface area (Å²) in [6, 6.07) is 17.3. The summed E-state index contributed by atoms with van der Waals surface area (Å²) in [6.45, 7) is -0.354. The number of hydrogen-bond donors (Lipinski definition) is 4.